The minimum Gasteiger partial charge on any atom is -0.379 e. The number of aliphatic imine (C=N–C) groups is 1. The summed E-state index contributed by atoms with van der Waals surface area (Å²) in [4.78, 5) is 12.4. The van der Waals surface area contributed by atoms with Gasteiger partial charge in [0.15, 0.2) is 5.96 Å². The van der Waals surface area contributed by atoms with Crippen molar-refractivity contribution in [1.29, 1.82) is 0 Å². The lowest BCUT2D eigenvalue weighted by Gasteiger charge is -2.34. The zero-order chi connectivity index (χ0) is 20.5. The Morgan fingerprint density at radius 2 is 1.93 bits per heavy atom. The van der Waals surface area contributed by atoms with Crippen LogP contribution in [0.5, 0.6) is 0 Å². The first-order valence-electron chi connectivity index (χ1n) is 11.2. The molecule has 2 aliphatic rings. The lowest BCUT2D eigenvalue weighted by atomic mass is 9.99. The first-order chi connectivity index (χ1) is 14.2. The van der Waals surface area contributed by atoms with Crippen LogP contribution in [0.4, 0.5) is 0 Å². The van der Waals surface area contributed by atoms with Crippen molar-refractivity contribution in [3.05, 3.63) is 21.9 Å². The lowest BCUT2D eigenvalue weighted by molar-refractivity contribution is 0.0177. The zero-order valence-corrected chi connectivity index (χ0v) is 22.0. The third kappa shape index (κ3) is 8.26. The molecule has 0 aliphatic carbocycles. The van der Waals surface area contributed by atoms with Crippen LogP contribution in [0, 0.1) is 12.8 Å². The second-order valence-electron chi connectivity index (χ2n) is 8.37. The molecule has 2 saturated heterocycles. The molecule has 8 heteroatoms. The van der Waals surface area contributed by atoms with Gasteiger partial charge in [0.2, 0.25) is 0 Å². The Labute approximate surface area is 203 Å². The van der Waals surface area contributed by atoms with E-state index in [0.29, 0.717) is 6.04 Å². The van der Waals surface area contributed by atoms with Gasteiger partial charge >= 0.3 is 0 Å². The quantitative estimate of drug-likeness (QED) is 0.226. The molecule has 30 heavy (non-hydrogen) atoms. The van der Waals surface area contributed by atoms with Crippen LogP contribution in [-0.4, -0.2) is 81.8 Å². The molecule has 1 aromatic rings. The van der Waals surface area contributed by atoms with E-state index < -0.39 is 0 Å². The van der Waals surface area contributed by atoms with Crippen LogP contribution in [0.15, 0.2) is 17.1 Å². The molecule has 6 nitrogen and oxygen atoms in total. The highest BCUT2D eigenvalue weighted by atomic mass is 127. The number of likely N-dealkylation sites (tertiary alicyclic amines) is 1. The van der Waals surface area contributed by atoms with Gasteiger partial charge in [-0.15, -0.1) is 35.3 Å². The topological polar surface area (TPSA) is 52.1 Å². The van der Waals surface area contributed by atoms with E-state index in [1.54, 1.807) is 0 Å². The molecule has 1 aromatic heterocycles. The van der Waals surface area contributed by atoms with Crippen LogP contribution in [0.1, 0.15) is 42.0 Å². The molecule has 2 N–H and O–H groups in total. The molecule has 0 amide bonds. The molecule has 0 saturated carbocycles. The molecular formula is C22H40IN5OS. The maximum absolute atomic E-state index is 5.56. The number of guanidine groups is 1. The molecule has 3 heterocycles. The highest BCUT2D eigenvalue weighted by Gasteiger charge is 2.24. The van der Waals surface area contributed by atoms with E-state index in [9.17, 15) is 0 Å². The van der Waals surface area contributed by atoms with Gasteiger partial charge < -0.3 is 20.3 Å². The van der Waals surface area contributed by atoms with Gasteiger partial charge in [-0.2, -0.15) is 0 Å². The van der Waals surface area contributed by atoms with Crippen LogP contribution in [0.2, 0.25) is 0 Å². The van der Waals surface area contributed by atoms with Gasteiger partial charge in [0.05, 0.1) is 19.3 Å². The third-order valence-corrected chi connectivity index (χ3v) is 7.18. The van der Waals surface area contributed by atoms with Crippen molar-refractivity contribution in [1.82, 2.24) is 20.4 Å². The van der Waals surface area contributed by atoms with Crippen molar-refractivity contribution in [2.45, 2.75) is 39.2 Å². The van der Waals surface area contributed by atoms with Gasteiger partial charge in [-0.3, -0.25) is 9.89 Å². The average molecular weight is 550 g/mol. The average Bonchev–Trinajstić information content (AvgIpc) is 3.17. The molecule has 2 aliphatic heterocycles. The predicted octanol–water partition coefficient (Wildman–Crippen LogP) is 3.33. The summed E-state index contributed by atoms with van der Waals surface area (Å²) >= 11 is 1.90. The van der Waals surface area contributed by atoms with E-state index in [4.69, 9.17) is 4.74 Å². The monoisotopic (exact) mass is 549 g/mol. The normalized spacial score (nSPS) is 20.6. The van der Waals surface area contributed by atoms with Crippen LogP contribution < -0.4 is 10.6 Å². The largest absolute Gasteiger partial charge is 0.379 e. The van der Waals surface area contributed by atoms with Gasteiger partial charge in [0.1, 0.15) is 0 Å². The molecule has 1 atom stereocenters. The molecule has 0 radical (unpaired) electrons. The number of aryl methyl sites for hydroxylation is 1. The minimum absolute atomic E-state index is 0. The summed E-state index contributed by atoms with van der Waals surface area (Å²) in [7, 11) is 1.86. The highest BCUT2D eigenvalue weighted by Crippen LogP contribution is 2.27. The van der Waals surface area contributed by atoms with Crippen LogP contribution >= 0.6 is 35.3 Å². The van der Waals surface area contributed by atoms with Crippen LogP contribution in [-0.2, 0) is 4.74 Å². The zero-order valence-electron chi connectivity index (χ0n) is 18.9. The van der Waals surface area contributed by atoms with Crippen LogP contribution in [0.3, 0.4) is 0 Å². The third-order valence-electron chi connectivity index (χ3n) is 6.08. The van der Waals surface area contributed by atoms with E-state index in [0.717, 1.165) is 57.7 Å². The first kappa shape index (κ1) is 25.8. The number of nitrogens with one attached hydrogen (secondary N) is 2. The number of piperidine rings is 1. The Morgan fingerprint density at radius 1 is 1.20 bits per heavy atom. The predicted molar refractivity (Wildman–Crippen MR) is 138 cm³/mol. The van der Waals surface area contributed by atoms with Gasteiger partial charge in [-0.1, -0.05) is 6.92 Å². The van der Waals surface area contributed by atoms with Gasteiger partial charge in [-0.05, 0) is 63.9 Å². The van der Waals surface area contributed by atoms with Crippen molar-refractivity contribution < 1.29 is 4.74 Å². The number of ether oxygens (including phenoxy) is 1. The fraction of sp³-hybridized carbons (Fsp3) is 0.773. The Morgan fingerprint density at radius 3 is 2.57 bits per heavy atom. The Hall–Kier alpha value is -0.420. The fourth-order valence-corrected chi connectivity index (χ4v) is 5.15. The molecule has 2 fully saturated rings. The number of nitrogens with zero attached hydrogens (tertiary/aromatic N) is 3. The molecule has 0 aromatic carbocycles. The van der Waals surface area contributed by atoms with Crippen molar-refractivity contribution in [3.8, 4) is 0 Å². The molecule has 3 rings (SSSR count). The second kappa shape index (κ2) is 13.9. The molecule has 172 valence electrons. The molecule has 0 bridgehead atoms. The SMILES string of the molecule is CN=C(NCCCN1CCC(C)CC1)NCC(c1ccc(C)s1)N1CCOCC1.I. The van der Waals surface area contributed by atoms with Crippen molar-refractivity contribution in [2.75, 3.05) is 66.1 Å². The van der Waals surface area contributed by atoms with Crippen LogP contribution in [0.25, 0.3) is 0 Å². The number of halogens is 1. The summed E-state index contributed by atoms with van der Waals surface area (Å²) in [5, 5.41) is 7.07. The van der Waals surface area contributed by atoms with Gasteiger partial charge in [0, 0.05) is 43.0 Å². The summed E-state index contributed by atoms with van der Waals surface area (Å²) in [6.45, 7) is 13.7. The fourth-order valence-electron chi connectivity index (χ4n) is 4.14. The molecule has 0 spiro atoms. The van der Waals surface area contributed by atoms with Crippen molar-refractivity contribution >= 4 is 41.3 Å². The highest BCUT2D eigenvalue weighted by molar-refractivity contribution is 14.0. The molecule has 1 unspecified atom stereocenters. The standard InChI is InChI=1S/C22H39N5OS.HI/c1-18-7-11-26(12-8-18)10-4-9-24-22(23-3)25-17-20(21-6-5-19(2)29-21)27-13-15-28-16-14-27;/h5-6,18,20H,4,7-17H2,1-3H3,(H2,23,24,25);1H. The number of thiophene rings is 1. The smallest absolute Gasteiger partial charge is 0.191 e. The van der Waals surface area contributed by atoms with Crippen molar-refractivity contribution in [2.24, 2.45) is 10.9 Å². The van der Waals surface area contributed by atoms with E-state index in [1.807, 2.05) is 18.4 Å². The Bertz CT molecular complexity index is 627. The van der Waals surface area contributed by atoms with E-state index in [1.165, 1.54) is 42.2 Å². The number of rotatable bonds is 8. The Kier molecular flexibility index (Phi) is 12.0. The number of hydrogen-bond donors (Lipinski definition) is 2. The van der Waals surface area contributed by atoms with E-state index in [2.05, 4.69) is 51.4 Å². The number of hydrogen-bond acceptors (Lipinski definition) is 5. The Balaban J connectivity index is 0.00000320. The first-order valence-corrected chi connectivity index (χ1v) is 12.0. The maximum Gasteiger partial charge on any atom is 0.191 e. The molecular weight excluding hydrogens is 509 g/mol. The summed E-state index contributed by atoms with van der Waals surface area (Å²) in [5.74, 6) is 1.81. The van der Waals surface area contributed by atoms with E-state index >= 15 is 0 Å². The van der Waals surface area contributed by atoms with E-state index in [-0.39, 0.29) is 24.0 Å². The van der Waals surface area contributed by atoms with Gasteiger partial charge in [-0.25, -0.2) is 0 Å². The number of morpholine rings is 1. The lowest BCUT2D eigenvalue weighted by Crippen LogP contribution is -2.46. The summed E-state index contributed by atoms with van der Waals surface area (Å²) < 4.78 is 5.56. The summed E-state index contributed by atoms with van der Waals surface area (Å²) in [5.41, 5.74) is 0. The summed E-state index contributed by atoms with van der Waals surface area (Å²) in [6.07, 6.45) is 3.86. The maximum atomic E-state index is 5.56. The second-order valence-corrected chi connectivity index (χ2v) is 9.69. The minimum atomic E-state index is 0. The summed E-state index contributed by atoms with van der Waals surface area (Å²) in [6, 6.07) is 4.87. The van der Waals surface area contributed by atoms with Crippen molar-refractivity contribution in [3.63, 3.8) is 0 Å². The van der Waals surface area contributed by atoms with Gasteiger partial charge in [0.25, 0.3) is 0 Å².